The SMILES string of the molecule is CCN(CCc1cc(C(F)(F)F)ccc1-c1cc(CC(=O)O)ccc1OC)C(C)=O. The van der Waals surface area contributed by atoms with E-state index in [1.165, 1.54) is 20.1 Å². The van der Waals surface area contributed by atoms with Crippen molar-refractivity contribution in [3.63, 3.8) is 0 Å². The third-order valence-corrected chi connectivity index (χ3v) is 4.82. The molecule has 2 aromatic carbocycles. The summed E-state index contributed by atoms with van der Waals surface area (Å²) < 4.78 is 45.2. The minimum Gasteiger partial charge on any atom is -0.496 e. The summed E-state index contributed by atoms with van der Waals surface area (Å²) in [5.74, 6) is -0.755. The number of ether oxygens (including phenoxy) is 1. The predicted octanol–water partition coefficient (Wildman–Crippen LogP) is 4.42. The van der Waals surface area contributed by atoms with E-state index in [1.807, 2.05) is 0 Å². The van der Waals surface area contributed by atoms with E-state index in [2.05, 4.69) is 0 Å². The van der Waals surface area contributed by atoms with Gasteiger partial charge in [-0.1, -0.05) is 12.1 Å². The van der Waals surface area contributed by atoms with Gasteiger partial charge in [0.15, 0.2) is 0 Å². The molecular weight excluding hydrogens is 399 g/mol. The van der Waals surface area contributed by atoms with Gasteiger partial charge in [0.25, 0.3) is 0 Å². The molecule has 2 aromatic rings. The van der Waals surface area contributed by atoms with E-state index in [-0.39, 0.29) is 25.3 Å². The lowest BCUT2D eigenvalue weighted by Gasteiger charge is -2.21. The first-order valence-corrected chi connectivity index (χ1v) is 9.41. The summed E-state index contributed by atoms with van der Waals surface area (Å²) in [6.45, 7) is 3.92. The van der Waals surface area contributed by atoms with Crippen LogP contribution in [0.25, 0.3) is 11.1 Å². The van der Waals surface area contributed by atoms with Gasteiger partial charge in [0.2, 0.25) is 5.91 Å². The van der Waals surface area contributed by atoms with E-state index in [0.717, 1.165) is 12.1 Å². The molecule has 0 unspecified atom stereocenters. The van der Waals surface area contributed by atoms with Crippen LogP contribution in [0.3, 0.4) is 0 Å². The molecule has 0 aromatic heterocycles. The molecule has 1 amide bonds. The van der Waals surface area contributed by atoms with Crippen LogP contribution in [0.5, 0.6) is 5.75 Å². The van der Waals surface area contributed by atoms with Crippen LogP contribution >= 0.6 is 0 Å². The Labute approximate surface area is 173 Å². The first kappa shape index (κ1) is 23.3. The van der Waals surface area contributed by atoms with Gasteiger partial charge in [-0.3, -0.25) is 9.59 Å². The number of benzene rings is 2. The molecule has 0 aliphatic heterocycles. The second-order valence-electron chi connectivity index (χ2n) is 6.82. The summed E-state index contributed by atoms with van der Waals surface area (Å²) in [6.07, 6.45) is -4.52. The number of aliphatic carboxylic acids is 1. The Morgan fingerprint density at radius 3 is 2.33 bits per heavy atom. The molecule has 0 saturated carbocycles. The lowest BCUT2D eigenvalue weighted by atomic mass is 9.93. The Hall–Kier alpha value is -3.03. The van der Waals surface area contributed by atoms with E-state index < -0.39 is 17.7 Å². The van der Waals surface area contributed by atoms with Crippen molar-refractivity contribution in [2.45, 2.75) is 32.9 Å². The number of hydrogen-bond donors (Lipinski definition) is 1. The van der Waals surface area contributed by atoms with Gasteiger partial charge >= 0.3 is 12.1 Å². The van der Waals surface area contributed by atoms with Crippen LogP contribution in [0.1, 0.15) is 30.5 Å². The molecule has 2 rings (SSSR count). The van der Waals surface area contributed by atoms with E-state index in [4.69, 9.17) is 9.84 Å². The number of alkyl halides is 3. The zero-order valence-electron chi connectivity index (χ0n) is 17.0. The van der Waals surface area contributed by atoms with Gasteiger partial charge < -0.3 is 14.7 Å². The molecule has 0 fully saturated rings. The minimum atomic E-state index is -4.51. The van der Waals surface area contributed by atoms with Crippen molar-refractivity contribution in [3.05, 3.63) is 53.1 Å². The Kier molecular flexibility index (Phi) is 7.48. The molecule has 0 saturated heterocycles. The molecule has 0 atom stereocenters. The lowest BCUT2D eigenvalue weighted by molar-refractivity contribution is -0.138. The summed E-state index contributed by atoms with van der Waals surface area (Å²) >= 11 is 0. The summed E-state index contributed by atoms with van der Waals surface area (Å²) in [5, 5.41) is 9.07. The second-order valence-corrected chi connectivity index (χ2v) is 6.82. The summed E-state index contributed by atoms with van der Waals surface area (Å²) in [7, 11) is 1.44. The number of nitrogens with zero attached hydrogens (tertiary/aromatic N) is 1. The number of rotatable bonds is 8. The maximum absolute atomic E-state index is 13.3. The fraction of sp³-hybridized carbons (Fsp3) is 0.364. The van der Waals surface area contributed by atoms with Crippen LogP contribution in [0.4, 0.5) is 13.2 Å². The highest BCUT2D eigenvalue weighted by molar-refractivity contribution is 5.77. The molecule has 1 N–H and O–H groups in total. The summed E-state index contributed by atoms with van der Waals surface area (Å²) in [5.41, 5.74) is 1.13. The number of carboxylic acids is 1. The van der Waals surface area contributed by atoms with Crippen LogP contribution in [-0.2, 0) is 28.6 Å². The van der Waals surface area contributed by atoms with Gasteiger partial charge in [0, 0.05) is 25.6 Å². The molecule has 0 bridgehead atoms. The van der Waals surface area contributed by atoms with Gasteiger partial charge in [0.1, 0.15) is 5.75 Å². The van der Waals surface area contributed by atoms with E-state index in [0.29, 0.717) is 34.5 Å². The minimum absolute atomic E-state index is 0.160. The number of carboxylic acid groups (broad SMARTS) is 1. The molecule has 0 aliphatic carbocycles. The van der Waals surface area contributed by atoms with Gasteiger partial charge in [0.05, 0.1) is 19.1 Å². The van der Waals surface area contributed by atoms with Gasteiger partial charge in [-0.25, -0.2) is 0 Å². The summed E-state index contributed by atoms with van der Waals surface area (Å²) in [4.78, 5) is 24.3. The van der Waals surface area contributed by atoms with E-state index in [9.17, 15) is 22.8 Å². The molecule has 162 valence electrons. The number of amides is 1. The molecule has 8 heteroatoms. The number of methoxy groups -OCH3 is 1. The zero-order valence-corrected chi connectivity index (χ0v) is 17.0. The van der Waals surface area contributed by atoms with Crippen molar-refractivity contribution in [2.24, 2.45) is 0 Å². The smallest absolute Gasteiger partial charge is 0.416 e. The second kappa shape index (κ2) is 9.65. The molecule has 0 spiro atoms. The Morgan fingerprint density at radius 1 is 1.10 bits per heavy atom. The fourth-order valence-corrected chi connectivity index (χ4v) is 3.28. The average molecular weight is 423 g/mol. The number of carbonyl (C=O) groups is 2. The average Bonchev–Trinajstić information content (AvgIpc) is 2.67. The van der Waals surface area contributed by atoms with Crippen molar-refractivity contribution in [1.29, 1.82) is 0 Å². The van der Waals surface area contributed by atoms with Crippen LogP contribution in [0.15, 0.2) is 36.4 Å². The van der Waals surface area contributed by atoms with Crippen LogP contribution in [-0.4, -0.2) is 42.1 Å². The normalized spacial score (nSPS) is 11.3. The quantitative estimate of drug-likeness (QED) is 0.683. The highest BCUT2D eigenvalue weighted by Gasteiger charge is 2.31. The van der Waals surface area contributed by atoms with Crippen LogP contribution < -0.4 is 4.74 Å². The Morgan fingerprint density at radius 2 is 1.80 bits per heavy atom. The van der Waals surface area contributed by atoms with Crippen molar-refractivity contribution in [1.82, 2.24) is 4.90 Å². The highest BCUT2D eigenvalue weighted by Crippen LogP contribution is 2.37. The van der Waals surface area contributed by atoms with E-state index in [1.54, 1.807) is 30.0 Å². The van der Waals surface area contributed by atoms with Gasteiger partial charge in [-0.05, 0) is 54.3 Å². The zero-order chi connectivity index (χ0) is 22.5. The third kappa shape index (κ3) is 5.75. The van der Waals surface area contributed by atoms with Crippen molar-refractivity contribution < 1.29 is 32.6 Å². The lowest BCUT2D eigenvalue weighted by Crippen LogP contribution is -2.30. The molecule has 0 heterocycles. The Bertz CT molecular complexity index is 925. The molecule has 0 radical (unpaired) electrons. The van der Waals surface area contributed by atoms with Gasteiger partial charge in [-0.15, -0.1) is 0 Å². The number of carbonyl (C=O) groups excluding carboxylic acids is 1. The third-order valence-electron chi connectivity index (χ3n) is 4.82. The molecule has 5 nitrogen and oxygen atoms in total. The van der Waals surface area contributed by atoms with Crippen LogP contribution in [0.2, 0.25) is 0 Å². The van der Waals surface area contributed by atoms with Gasteiger partial charge in [-0.2, -0.15) is 13.2 Å². The van der Waals surface area contributed by atoms with Crippen molar-refractivity contribution >= 4 is 11.9 Å². The number of likely N-dealkylation sites (N-methyl/N-ethyl adjacent to an activating group) is 1. The largest absolute Gasteiger partial charge is 0.496 e. The Balaban J connectivity index is 2.58. The van der Waals surface area contributed by atoms with Crippen molar-refractivity contribution in [3.8, 4) is 16.9 Å². The summed E-state index contributed by atoms with van der Waals surface area (Å²) in [6, 6.07) is 8.25. The highest BCUT2D eigenvalue weighted by atomic mass is 19.4. The fourth-order valence-electron chi connectivity index (χ4n) is 3.28. The first-order valence-electron chi connectivity index (χ1n) is 9.41. The first-order chi connectivity index (χ1) is 14.1. The van der Waals surface area contributed by atoms with E-state index >= 15 is 0 Å². The molecule has 30 heavy (non-hydrogen) atoms. The van der Waals surface area contributed by atoms with Crippen molar-refractivity contribution in [2.75, 3.05) is 20.2 Å². The topological polar surface area (TPSA) is 66.8 Å². The van der Waals surface area contributed by atoms with Crippen LogP contribution in [0, 0.1) is 0 Å². The maximum atomic E-state index is 13.3. The maximum Gasteiger partial charge on any atom is 0.416 e. The number of halogens is 3. The predicted molar refractivity (Wildman–Crippen MR) is 106 cm³/mol. The molecule has 0 aliphatic rings. The number of hydrogen-bond acceptors (Lipinski definition) is 3. The molecular formula is C22H24F3NO4. The monoisotopic (exact) mass is 423 g/mol. The standard InChI is InChI=1S/C22H24F3NO4/c1-4-26(14(2)27)10-9-16-13-17(22(23,24)25)6-7-18(16)19-11-15(12-21(28)29)5-8-20(19)30-3/h5-8,11,13H,4,9-10,12H2,1-3H3,(H,28,29).